The molecule has 7 nitrogen and oxygen atoms in total. The molecule has 0 bridgehead atoms. The molecule has 0 aliphatic rings. The smallest absolute Gasteiger partial charge is 0.297 e. The molecule has 124 valence electrons. The number of aromatic nitrogens is 2. The number of carbonyl (C=O) groups is 1. The van der Waals surface area contributed by atoms with Gasteiger partial charge in [0.25, 0.3) is 5.56 Å². The number of thiophene rings is 1. The second-order valence-corrected chi connectivity index (χ2v) is 6.36. The van der Waals surface area contributed by atoms with E-state index in [9.17, 15) is 9.59 Å². The Hall–Kier alpha value is -3.02. The van der Waals surface area contributed by atoms with Gasteiger partial charge in [-0.25, -0.2) is 4.68 Å². The van der Waals surface area contributed by atoms with Gasteiger partial charge in [-0.05, 0) is 19.1 Å². The zero-order valence-corrected chi connectivity index (χ0v) is 14.4. The number of carbonyl (C=O) groups excluding carboxylic acids is 1. The molecule has 0 amide bonds. The molecule has 0 aliphatic carbocycles. The van der Waals surface area contributed by atoms with E-state index in [2.05, 4.69) is 15.3 Å². The maximum atomic E-state index is 12.5. The second-order valence-electron chi connectivity index (χ2n) is 4.95. The highest BCUT2D eigenvalue weighted by molar-refractivity contribution is 7.18. The lowest BCUT2D eigenvalue weighted by molar-refractivity contribution is 0.112. The number of halogens is 1. The number of aryl methyl sites for hydroxylation is 1. The van der Waals surface area contributed by atoms with Gasteiger partial charge < -0.3 is 0 Å². The normalized spacial score (nSPS) is 10.9. The number of nitrogens with zero attached hydrogens (tertiary/aromatic N) is 4. The van der Waals surface area contributed by atoms with Gasteiger partial charge in [-0.15, -0.1) is 21.6 Å². The number of rotatable bonds is 4. The van der Waals surface area contributed by atoms with Crippen molar-refractivity contribution in [1.82, 2.24) is 9.78 Å². The van der Waals surface area contributed by atoms with Crippen LogP contribution in [0.5, 0.6) is 0 Å². The number of benzene rings is 1. The Morgan fingerprint density at radius 2 is 2.04 bits per heavy atom. The van der Waals surface area contributed by atoms with Crippen LogP contribution in [0.15, 0.2) is 45.4 Å². The maximum absolute atomic E-state index is 12.5. The van der Waals surface area contributed by atoms with Gasteiger partial charge >= 0.3 is 0 Å². The Morgan fingerprint density at radius 3 is 2.68 bits per heavy atom. The zero-order valence-electron chi connectivity index (χ0n) is 12.9. The summed E-state index contributed by atoms with van der Waals surface area (Å²) >= 11 is 6.88. The fourth-order valence-electron chi connectivity index (χ4n) is 2.17. The van der Waals surface area contributed by atoms with E-state index < -0.39 is 0 Å². The number of aldehydes is 1. The summed E-state index contributed by atoms with van der Waals surface area (Å²) in [5.41, 5.74) is 0.995. The molecule has 9 heteroatoms. The minimum Gasteiger partial charge on any atom is -0.297 e. The third-order valence-electron chi connectivity index (χ3n) is 3.37. The van der Waals surface area contributed by atoms with Crippen LogP contribution >= 0.6 is 22.9 Å². The van der Waals surface area contributed by atoms with Crippen molar-refractivity contribution in [3.8, 4) is 11.8 Å². The van der Waals surface area contributed by atoms with Crippen molar-refractivity contribution in [1.29, 1.82) is 5.26 Å². The van der Waals surface area contributed by atoms with Crippen LogP contribution in [0.2, 0.25) is 5.02 Å². The first-order valence-corrected chi connectivity index (χ1v) is 8.22. The van der Waals surface area contributed by atoms with E-state index >= 15 is 0 Å². The fraction of sp³-hybridized carbons (Fsp3) is 0.0625. The monoisotopic (exact) mass is 371 g/mol. The van der Waals surface area contributed by atoms with Crippen molar-refractivity contribution >= 4 is 39.9 Å². The molecule has 0 radical (unpaired) electrons. The van der Waals surface area contributed by atoms with E-state index in [4.69, 9.17) is 16.9 Å². The van der Waals surface area contributed by atoms with Crippen LogP contribution in [0.25, 0.3) is 5.69 Å². The molecule has 0 atom stereocenters. The summed E-state index contributed by atoms with van der Waals surface area (Å²) in [6.07, 6.45) is 0.552. The van der Waals surface area contributed by atoms with Crippen LogP contribution < -0.4 is 5.56 Å². The van der Waals surface area contributed by atoms with Gasteiger partial charge in [-0.3, -0.25) is 14.7 Å². The quantitative estimate of drug-likeness (QED) is 0.546. The SMILES string of the molecule is Cc1[nH]n(-c2ccccc2)c(=O)c1N=Nc1sc(C=O)c(Cl)c1C#N. The average molecular weight is 372 g/mol. The number of nitriles is 1. The van der Waals surface area contributed by atoms with Crippen LogP contribution in [0.4, 0.5) is 10.7 Å². The van der Waals surface area contributed by atoms with Crippen LogP contribution in [-0.2, 0) is 0 Å². The number of para-hydroxylation sites is 1. The lowest BCUT2D eigenvalue weighted by Gasteiger charge is -1.99. The Bertz CT molecular complexity index is 1070. The van der Waals surface area contributed by atoms with Gasteiger partial charge in [0.2, 0.25) is 0 Å². The van der Waals surface area contributed by atoms with Crippen molar-refractivity contribution in [3.05, 3.63) is 61.8 Å². The molecule has 3 rings (SSSR count). The predicted octanol–water partition coefficient (Wildman–Crippen LogP) is 4.29. The van der Waals surface area contributed by atoms with Crippen molar-refractivity contribution < 1.29 is 4.79 Å². The predicted molar refractivity (Wildman–Crippen MR) is 94.7 cm³/mol. The number of hydrogen-bond acceptors (Lipinski definition) is 6. The summed E-state index contributed by atoms with van der Waals surface area (Å²) in [7, 11) is 0. The third kappa shape index (κ3) is 3.03. The Labute approximate surface area is 150 Å². The lowest BCUT2D eigenvalue weighted by atomic mass is 10.3. The number of aromatic amines is 1. The molecule has 0 fully saturated rings. The van der Waals surface area contributed by atoms with Gasteiger partial charge in [-0.2, -0.15) is 5.26 Å². The maximum Gasteiger partial charge on any atom is 0.299 e. The highest BCUT2D eigenvalue weighted by atomic mass is 35.5. The van der Waals surface area contributed by atoms with Crippen LogP contribution in [-0.4, -0.2) is 16.1 Å². The number of hydrogen-bond donors (Lipinski definition) is 1. The van der Waals surface area contributed by atoms with Crippen LogP contribution in [0.3, 0.4) is 0 Å². The molecular formula is C16H10ClN5O2S. The van der Waals surface area contributed by atoms with Gasteiger partial charge in [0.1, 0.15) is 11.6 Å². The topological polar surface area (TPSA) is 103 Å². The summed E-state index contributed by atoms with van der Waals surface area (Å²) in [6.45, 7) is 1.69. The molecular weight excluding hydrogens is 362 g/mol. The summed E-state index contributed by atoms with van der Waals surface area (Å²) < 4.78 is 1.35. The molecule has 2 aromatic heterocycles. The summed E-state index contributed by atoms with van der Waals surface area (Å²) in [5, 5.41) is 20.2. The highest BCUT2D eigenvalue weighted by Gasteiger charge is 2.17. The third-order valence-corrected chi connectivity index (χ3v) is 4.87. The Balaban J connectivity index is 2.04. The van der Waals surface area contributed by atoms with Gasteiger partial charge in [0.05, 0.1) is 21.3 Å². The van der Waals surface area contributed by atoms with E-state index in [1.54, 1.807) is 19.1 Å². The van der Waals surface area contributed by atoms with Gasteiger partial charge in [0, 0.05) is 0 Å². The van der Waals surface area contributed by atoms with Gasteiger partial charge in [0.15, 0.2) is 17.0 Å². The fourth-order valence-corrected chi connectivity index (χ4v) is 3.30. The molecule has 0 unspecified atom stereocenters. The lowest BCUT2D eigenvalue weighted by Crippen LogP contribution is -2.13. The zero-order chi connectivity index (χ0) is 18.0. The van der Waals surface area contributed by atoms with Crippen molar-refractivity contribution in [2.45, 2.75) is 6.92 Å². The highest BCUT2D eigenvalue weighted by Crippen LogP contribution is 2.38. The average Bonchev–Trinajstić information content (AvgIpc) is 3.09. The van der Waals surface area contributed by atoms with E-state index in [-0.39, 0.29) is 31.7 Å². The minimum absolute atomic E-state index is 0.0453. The minimum atomic E-state index is -0.371. The summed E-state index contributed by atoms with van der Waals surface area (Å²) in [5.74, 6) is 0. The largest absolute Gasteiger partial charge is 0.299 e. The first-order chi connectivity index (χ1) is 12.1. The van der Waals surface area contributed by atoms with Crippen molar-refractivity contribution in [2.75, 3.05) is 0 Å². The van der Waals surface area contributed by atoms with E-state index in [0.717, 1.165) is 11.3 Å². The number of H-pyrrole nitrogens is 1. The molecule has 2 heterocycles. The Kier molecular flexibility index (Phi) is 4.61. The first-order valence-electron chi connectivity index (χ1n) is 7.03. The molecule has 0 spiro atoms. The second kappa shape index (κ2) is 6.84. The van der Waals surface area contributed by atoms with Crippen LogP contribution in [0, 0.1) is 18.3 Å². The number of nitrogens with one attached hydrogen (secondary N) is 1. The molecule has 0 saturated heterocycles. The van der Waals surface area contributed by atoms with Crippen molar-refractivity contribution in [2.24, 2.45) is 10.2 Å². The number of azo groups is 1. The van der Waals surface area contributed by atoms with E-state index in [1.165, 1.54) is 4.68 Å². The molecule has 3 aromatic rings. The van der Waals surface area contributed by atoms with Gasteiger partial charge in [-0.1, -0.05) is 29.8 Å². The summed E-state index contributed by atoms with van der Waals surface area (Å²) in [6, 6.07) is 10.9. The first kappa shape index (κ1) is 16.8. The Morgan fingerprint density at radius 1 is 1.32 bits per heavy atom. The van der Waals surface area contributed by atoms with Crippen molar-refractivity contribution in [3.63, 3.8) is 0 Å². The molecule has 0 aliphatic heterocycles. The van der Waals surface area contributed by atoms with E-state index in [0.29, 0.717) is 17.7 Å². The van der Waals surface area contributed by atoms with Crippen LogP contribution in [0.1, 0.15) is 20.9 Å². The molecule has 1 N–H and O–H groups in total. The molecule has 1 aromatic carbocycles. The molecule has 25 heavy (non-hydrogen) atoms. The van der Waals surface area contributed by atoms with E-state index in [1.807, 2.05) is 24.3 Å². The summed E-state index contributed by atoms with van der Waals surface area (Å²) in [4.78, 5) is 23.7. The standard InChI is InChI=1S/C16H10ClN5O2S/c1-9-14(16(24)22(21-9)10-5-3-2-4-6-10)19-20-15-11(7-18)13(17)12(8-23)25-15/h2-6,8,21H,1H3. The molecule has 0 saturated carbocycles.